The summed E-state index contributed by atoms with van der Waals surface area (Å²) in [6.07, 6.45) is 5.46. The molecule has 0 bridgehead atoms. The molecule has 2 aromatic rings. The van der Waals surface area contributed by atoms with E-state index in [1.165, 1.54) is 11.3 Å². The summed E-state index contributed by atoms with van der Waals surface area (Å²) in [6.45, 7) is 0. The van der Waals surface area contributed by atoms with Crippen LogP contribution >= 0.6 is 27.3 Å². The molecule has 3 rings (SSSR count). The van der Waals surface area contributed by atoms with E-state index in [-0.39, 0.29) is 5.91 Å². The first-order valence-corrected chi connectivity index (χ1v) is 9.53. The number of aryl methyl sites for hydroxylation is 1. The first-order valence-electron chi connectivity index (χ1n) is 7.92. The Morgan fingerprint density at radius 3 is 2.64 bits per heavy atom. The molecule has 1 heterocycles. The zero-order valence-electron chi connectivity index (χ0n) is 13.3. The van der Waals surface area contributed by atoms with Gasteiger partial charge in [-0.05, 0) is 58.8 Å². The molecule has 1 aromatic heterocycles. The highest BCUT2D eigenvalue weighted by Crippen LogP contribution is 2.38. The number of amides is 1. The second-order valence-electron chi connectivity index (χ2n) is 5.71. The number of nitriles is 1. The molecule has 4 nitrogen and oxygen atoms in total. The highest BCUT2D eigenvalue weighted by molar-refractivity contribution is 9.12. The number of halogens is 1. The van der Waals surface area contributed by atoms with Gasteiger partial charge in [0.05, 0.1) is 10.0 Å². The smallest absolute Gasteiger partial charge is 0.265 e. The van der Waals surface area contributed by atoms with E-state index in [9.17, 15) is 9.59 Å². The molecular formula is C19H15BrN2O2S. The van der Waals surface area contributed by atoms with Gasteiger partial charge in [-0.3, -0.25) is 9.59 Å². The second-order valence-corrected chi connectivity index (χ2v) is 7.67. The van der Waals surface area contributed by atoms with Gasteiger partial charge in [-0.15, -0.1) is 11.3 Å². The normalized spacial score (nSPS) is 13.7. The average molecular weight is 415 g/mol. The van der Waals surface area contributed by atoms with E-state index in [0.717, 1.165) is 41.7 Å². The number of Topliss-reactive ketones (excluding diaryl/α,β-unsaturated/α-hetero) is 1. The van der Waals surface area contributed by atoms with Crippen molar-refractivity contribution in [1.29, 1.82) is 5.26 Å². The highest BCUT2D eigenvalue weighted by atomic mass is 79.9. The fourth-order valence-electron chi connectivity index (χ4n) is 2.87. The van der Waals surface area contributed by atoms with Crippen LogP contribution in [0.15, 0.2) is 34.8 Å². The molecule has 1 N–H and O–H groups in total. The minimum Gasteiger partial charge on any atom is -0.312 e. The topological polar surface area (TPSA) is 70.0 Å². The standard InChI is InChI=1S/C19H15BrN2O2S/c20-14(10-12-6-2-1-3-7-12)18(24)22-19-17(15(23)11-21)13-8-4-5-9-16(13)25-19/h1-3,6-7,10H,4-5,8-9H2,(H,22,24). The second kappa shape index (κ2) is 7.77. The van der Waals surface area contributed by atoms with E-state index in [1.807, 2.05) is 30.3 Å². The molecule has 126 valence electrons. The third-order valence-corrected chi connectivity index (χ3v) is 5.83. The minimum absolute atomic E-state index is 0.338. The Labute approximate surface area is 158 Å². The van der Waals surface area contributed by atoms with E-state index in [1.54, 1.807) is 12.1 Å². The van der Waals surface area contributed by atoms with E-state index in [0.29, 0.717) is 15.0 Å². The van der Waals surface area contributed by atoms with Gasteiger partial charge in [0.2, 0.25) is 0 Å². The van der Waals surface area contributed by atoms with Gasteiger partial charge in [-0.2, -0.15) is 5.26 Å². The van der Waals surface area contributed by atoms with Gasteiger partial charge in [0.1, 0.15) is 11.1 Å². The van der Waals surface area contributed by atoms with Crippen molar-refractivity contribution in [2.75, 3.05) is 5.32 Å². The molecule has 6 heteroatoms. The van der Waals surface area contributed by atoms with Crippen molar-refractivity contribution in [3.05, 3.63) is 56.4 Å². The molecular weight excluding hydrogens is 400 g/mol. The fraction of sp³-hybridized carbons (Fsp3) is 0.211. The number of benzene rings is 1. The van der Waals surface area contributed by atoms with Crippen molar-refractivity contribution in [1.82, 2.24) is 0 Å². The number of nitrogens with zero attached hydrogens (tertiary/aromatic N) is 1. The Balaban J connectivity index is 1.89. The third kappa shape index (κ3) is 3.89. The maximum Gasteiger partial charge on any atom is 0.265 e. The van der Waals surface area contributed by atoms with Gasteiger partial charge in [0.25, 0.3) is 11.7 Å². The van der Waals surface area contributed by atoms with Crippen LogP contribution in [-0.2, 0) is 17.6 Å². The van der Waals surface area contributed by atoms with Gasteiger partial charge in [0, 0.05) is 4.88 Å². The maximum absolute atomic E-state index is 12.5. The molecule has 0 spiro atoms. The zero-order chi connectivity index (χ0) is 17.8. The first kappa shape index (κ1) is 17.6. The van der Waals surface area contributed by atoms with Crippen molar-refractivity contribution in [2.45, 2.75) is 25.7 Å². The molecule has 0 unspecified atom stereocenters. The number of carbonyl (C=O) groups is 2. The van der Waals surface area contributed by atoms with E-state index >= 15 is 0 Å². The van der Waals surface area contributed by atoms with Crippen molar-refractivity contribution in [3.8, 4) is 6.07 Å². The van der Waals surface area contributed by atoms with Gasteiger partial charge in [-0.25, -0.2) is 0 Å². The number of hydrogen-bond acceptors (Lipinski definition) is 4. The van der Waals surface area contributed by atoms with Crippen molar-refractivity contribution >= 4 is 50.0 Å². The number of nitrogens with one attached hydrogen (secondary N) is 1. The van der Waals surface area contributed by atoms with Crippen molar-refractivity contribution in [2.24, 2.45) is 0 Å². The summed E-state index contributed by atoms with van der Waals surface area (Å²) in [4.78, 5) is 25.7. The summed E-state index contributed by atoms with van der Waals surface area (Å²) in [5, 5.41) is 12.3. The number of thiophene rings is 1. The monoisotopic (exact) mass is 414 g/mol. The molecule has 1 aliphatic carbocycles. The molecule has 1 aromatic carbocycles. The highest BCUT2D eigenvalue weighted by Gasteiger charge is 2.26. The Kier molecular flexibility index (Phi) is 5.47. The van der Waals surface area contributed by atoms with Gasteiger partial charge in [0.15, 0.2) is 0 Å². The number of anilines is 1. The largest absolute Gasteiger partial charge is 0.312 e. The first-order chi connectivity index (χ1) is 12.1. The summed E-state index contributed by atoms with van der Waals surface area (Å²) in [5.74, 6) is -0.924. The number of ketones is 1. The van der Waals surface area contributed by atoms with Crippen LogP contribution in [0.25, 0.3) is 6.08 Å². The third-order valence-electron chi connectivity index (χ3n) is 4.04. The lowest BCUT2D eigenvalue weighted by molar-refractivity contribution is -0.112. The molecule has 0 radical (unpaired) electrons. The van der Waals surface area contributed by atoms with Crippen LogP contribution < -0.4 is 5.32 Å². The Hall–Kier alpha value is -2.23. The van der Waals surface area contributed by atoms with E-state index in [2.05, 4.69) is 21.2 Å². The summed E-state index contributed by atoms with van der Waals surface area (Å²) in [6, 6.07) is 11.2. The predicted molar refractivity (Wildman–Crippen MR) is 103 cm³/mol. The van der Waals surface area contributed by atoms with Gasteiger partial charge in [-0.1, -0.05) is 30.3 Å². The lowest BCUT2D eigenvalue weighted by atomic mass is 9.94. The number of rotatable bonds is 4. The molecule has 0 aliphatic heterocycles. The van der Waals surface area contributed by atoms with Crippen molar-refractivity contribution in [3.63, 3.8) is 0 Å². The predicted octanol–water partition coefficient (Wildman–Crippen LogP) is 4.71. The SMILES string of the molecule is N#CC(=O)c1c(NC(=O)C(Br)=Cc2ccccc2)sc2c1CCCC2. The fourth-order valence-corrected chi connectivity index (χ4v) is 4.52. The van der Waals surface area contributed by atoms with Crippen LogP contribution in [0.5, 0.6) is 0 Å². The molecule has 0 saturated carbocycles. The molecule has 0 fully saturated rings. The zero-order valence-corrected chi connectivity index (χ0v) is 15.7. The van der Waals surface area contributed by atoms with E-state index in [4.69, 9.17) is 5.26 Å². The van der Waals surface area contributed by atoms with Crippen LogP contribution in [0.3, 0.4) is 0 Å². The quantitative estimate of drug-likeness (QED) is 0.447. The van der Waals surface area contributed by atoms with Crippen molar-refractivity contribution < 1.29 is 9.59 Å². The molecule has 0 saturated heterocycles. The minimum atomic E-state index is -0.585. The summed E-state index contributed by atoms with van der Waals surface area (Å²) >= 11 is 4.70. The Morgan fingerprint density at radius 2 is 1.92 bits per heavy atom. The molecule has 25 heavy (non-hydrogen) atoms. The number of hydrogen-bond donors (Lipinski definition) is 1. The molecule has 1 aliphatic rings. The summed E-state index contributed by atoms with van der Waals surface area (Å²) in [7, 11) is 0. The Bertz CT molecular complexity index is 894. The van der Waals surface area contributed by atoms with Gasteiger partial charge >= 0.3 is 0 Å². The lowest BCUT2D eigenvalue weighted by Crippen LogP contribution is -2.13. The average Bonchev–Trinajstić information content (AvgIpc) is 2.99. The Morgan fingerprint density at radius 1 is 1.20 bits per heavy atom. The number of fused-ring (bicyclic) bond motifs is 1. The van der Waals surface area contributed by atoms with Crippen LogP contribution in [0.2, 0.25) is 0 Å². The molecule has 0 atom stereocenters. The maximum atomic E-state index is 12.5. The van der Waals surface area contributed by atoms with Gasteiger partial charge < -0.3 is 5.32 Å². The summed E-state index contributed by atoms with van der Waals surface area (Å²) in [5.41, 5.74) is 2.19. The molecule has 1 amide bonds. The van der Waals surface area contributed by atoms with Crippen LogP contribution in [-0.4, -0.2) is 11.7 Å². The van der Waals surface area contributed by atoms with E-state index < -0.39 is 5.78 Å². The van der Waals surface area contributed by atoms with Crippen LogP contribution in [0.4, 0.5) is 5.00 Å². The summed E-state index contributed by atoms with van der Waals surface area (Å²) < 4.78 is 0.362. The van der Waals surface area contributed by atoms with Crippen LogP contribution in [0.1, 0.15) is 39.2 Å². The lowest BCUT2D eigenvalue weighted by Gasteiger charge is -2.10. The van der Waals surface area contributed by atoms with Crippen LogP contribution in [0, 0.1) is 11.3 Å². The number of carbonyl (C=O) groups excluding carboxylic acids is 2.